The number of hydrogen-bond donors (Lipinski definition) is 1. The molecule has 1 aliphatic carbocycles. The van der Waals surface area contributed by atoms with E-state index in [1.54, 1.807) is 0 Å². The van der Waals surface area contributed by atoms with Crippen molar-refractivity contribution in [1.29, 1.82) is 0 Å². The summed E-state index contributed by atoms with van der Waals surface area (Å²) >= 11 is 1.84. The summed E-state index contributed by atoms with van der Waals surface area (Å²) in [5, 5.41) is 2.26. The Hall–Kier alpha value is -0.340. The van der Waals surface area contributed by atoms with Gasteiger partial charge >= 0.3 is 0 Å². The largest absolute Gasteiger partial charge is 0.327 e. The van der Waals surface area contributed by atoms with Gasteiger partial charge in [-0.05, 0) is 49.1 Å². The van der Waals surface area contributed by atoms with Gasteiger partial charge in [0, 0.05) is 10.9 Å². The highest BCUT2D eigenvalue weighted by molar-refractivity contribution is 7.10. The zero-order valence-electron chi connectivity index (χ0n) is 7.42. The summed E-state index contributed by atoms with van der Waals surface area (Å²) in [6.45, 7) is 2.16. The maximum atomic E-state index is 5.88. The molecule has 0 saturated heterocycles. The van der Waals surface area contributed by atoms with E-state index in [4.69, 9.17) is 5.73 Å². The Morgan fingerprint density at radius 1 is 1.58 bits per heavy atom. The number of nitrogens with two attached hydrogens (primary N) is 1. The molecule has 0 bridgehead atoms. The molecule has 1 fully saturated rings. The number of hydrogen-bond acceptors (Lipinski definition) is 2. The molecule has 2 atom stereocenters. The molecule has 2 rings (SSSR count). The summed E-state index contributed by atoms with van der Waals surface area (Å²) in [7, 11) is 0. The van der Waals surface area contributed by atoms with E-state index in [0.717, 1.165) is 5.92 Å². The van der Waals surface area contributed by atoms with E-state index in [2.05, 4.69) is 18.4 Å². The Morgan fingerprint density at radius 2 is 2.42 bits per heavy atom. The lowest BCUT2D eigenvalue weighted by atomic mass is 9.77. The second kappa shape index (κ2) is 3.19. The molecule has 2 heteroatoms. The third kappa shape index (κ3) is 1.54. The summed E-state index contributed by atoms with van der Waals surface area (Å²) in [6.07, 6.45) is 3.76. The van der Waals surface area contributed by atoms with E-state index in [0.29, 0.717) is 6.04 Å². The molecule has 0 amide bonds. The zero-order valence-corrected chi connectivity index (χ0v) is 8.23. The molecule has 1 aromatic rings. The number of thiophene rings is 1. The van der Waals surface area contributed by atoms with Crippen LogP contribution in [0.3, 0.4) is 0 Å². The summed E-state index contributed by atoms with van der Waals surface area (Å²) in [5.41, 5.74) is 7.36. The SMILES string of the molecule is Cc1cc(CC2CCC2N)cs1. The lowest BCUT2D eigenvalue weighted by molar-refractivity contribution is 0.256. The van der Waals surface area contributed by atoms with Crippen molar-refractivity contribution in [2.75, 3.05) is 0 Å². The second-order valence-corrected chi connectivity index (χ2v) is 4.89. The first-order valence-electron chi connectivity index (χ1n) is 4.55. The third-order valence-electron chi connectivity index (χ3n) is 2.76. The Balaban J connectivity index is 1.95. The average Bonchev–Trinajstić information content (AvgIpc) is 2.44. The van der Waals surface area contributed by atoms with Gasteiger partial charge in [0.1, 0.15) is 0 Å². The molecule has 12 heavy (non-hydrogen) atoms. The molecule has 0 spiro atoms. The fraction of sp³-hybridized carbons (Fsp3) is 0.600. The van der Waals surface area contributed by atoms with E-state index in [1.165, 1.54) is 29.7 Å². The van der Waals surface area contributed by atoms with E-state index < -0.39 is 0 Å². The van der Waals surface area contributed by atoms with Gasteiger partial charge in [0.2, 0.25) is 0 Å². The summed E-state index contributed by atoms with van der Waals surface area (Å²) in [6, 6.07) is 2.76. The Kier molecular flexibility index (Phi) is 2.20. The highest BCUT2D eigenvalue weighted by Crippen LogP contribution is 2.30. The highest BCUT2D eigenvalue weighted by Gasteiger charge is 2.27. The van der Waals surface area contributed by atoms with Crippen LogP contribution in [0, 0.1) is 12.8 Å². The standard InChI is InChI=1S/C10H15NS/c1-7-4-8(6-12-7)5-9-2-3-10(9)11/h4,6,9-10H,2-3,5,11H2,1H3. The van der Waals surface area contributed by atoms with Crippen molar-refractivity contribution in [3.05, 3.63) is 21.9 Å². The van der Waals surface area contributed by atoms with Crippen LogP contribution >= 0.6 is 11.3 Å². The minimum absolute atomic E-state index is 0.477. The Labute approximate surface area is 77.6 Å². The maximum absolute atomic E-state index is 5.88. The van der Waals surface area contributed by atoms with Crippen LogP contribution in [0.15, 0.2) is 11.4 Å². The van der Waals surface area contributed by atoms with Crippen LogP contribution in [0.1, 0.15) is 23.3 Å². The molecular formula is C10H15NS. The van der Waals surface area contributed by atoms with Crippen LogP contribution < -0.4 is 5.73 Å². The van der Waals surface area contributed by atoms with Gasteiger partial charge in [-0.1, -0.05) is 0 Å². The molecule has 1 heterocycles. The Bertz CT molecular complexity index is 267. The van der Waals surface area contributed by atoms with Crippen LogP contribution in [-0.2, 0) is 6.42 Å². The van der Waals surface area contributed by atoms with Crippen molar-refractivity contribution in [2.24, 2.45) is 11.7 Å². The first-order valence-corrected chi connectivity index (χ1v) is 5.43. The van der Waals surface area contributed by atoms with Crippen molar-refractivity contribution < 1.29 is 0 Å². The van der Waals surface area contributed by atoms with E-state index >= 15 is 0 Å². The molecular weight excluding hydrogens is 166 g/mol. The lowest BCUT2D eigenvalue weighted by Crippen LogP contribution is -2.40. The smallest absolute Gasteiger partial charge is 0.00704 e. The molecule has 1 aliphatic rings. The molecule has 1 nitrogen and oxygen atoms in total. The highest BCUT2D eigenvalue weighted by atomic mass is 32.1. The number of aryl methyl sites for hydroxylation is 1. The average molecular weight is 181 g/mol. The zero-order chi connectivity index (χ0) is 8.55. The van der Waals surface area contributed by atoms with Crippen LogP contribution in [0.5, 0.6) is 0 Å². The predicted octanol–water partition coefficient (Wildman–Crippen LogP) is 2.34. The van der Waals surface area contributed by atoms with Crippen LogP contribution in [0.25, 0.3) is 0 Å². The lowest BCUT2D eigenvalue weighted by Gasteiger charge is -2.33. The van der Waals surface area contributed by atoms with Crippen LogP contribution in [-0.4, -0.2) is 6.04 Å². The third-order valence-corrected chi connectivity index (χ3v) is 3.67. The fourth-order valence-electron chi connectivity index (χ4n) is 1.76. The quantitative estimate of drug-likeness (QED) is 0.744. The van der Waals surface area contributed by atoms with E-state index in [1.807, 2.05) is 11.3 Å². The normalized spacial score (nSPS) is 28.5. The summed E-state index contributed by atoms with van der Waals surface area (Å²) in [4.78, 5) is 1.41. The van der Waals surface area contributed by atoms with Crippen molar-refractivity contribution in [2.45, 2.75) is 32.2 Å². The van der Waals surface area contributed by atoms with Crippen molar-refractivity contribution >= 4 is 11.3 Å². The van der Waals surface area contributed by atoms with Gasteiger partial charge in [-0.2, -0.15) is 0 Å². The second-order valence-electron chi connectivity index (χ2n) is 3.77. The van der Waals surface area contributed by atoms with Crippen LogP contribution in [0.2, 0.25) is 0 Å². The maximum Gasteiger partial charge on any atom is 0.00704 e. The molecule has 1 aromatic heterocycles. The van der Waals surface area contributed by atoms with Gasteiger partial charge < -0.3 is 5.73 Å². The topological polar surface area (TPSA) is 26.0 Å². The molecule has 0 radical (unpaired) electrons. The first kappa shape index (κ1) is 8.27. The monoisotopic (exact) mass is 181 g/mol. The van der Waals surface area contributed by atoms with Crippen molar-refractivity contribution in [1.82, 2.24) is 0 Å². The molecule has 2 unspecified atom stereocenters. The predicted molar refractivity (Wildman–Crippen MR) is 53.5 cm³/mol. The van der Waals surface area contributed by atoms with Gasteiger partial charge in [0.05, 0.1) is 0 Å². The molecule has 0 aromatic carbocycles. The van der Waals surface area contributed by atoms with E-state index in [9.17, 15) is 0 Å². The van der Waals surface area contributed by atoms with Crippen molar-refractivity contribution in [3.63, 3.8) is 0 Å². The minimum Gasteiger partial charge on any atom is -0.327 e. The van der Waals surface area contributed by atoms with Gasteiger partial charge in [-0.25, -0.2) is 0 Å². The molecule has 2 N–H and O–H groups in total. The number of rotatable bonds is 2. The fourth-order valence-corrected chi connectivity index (χ4v) is 2.48. The molecule has 1 saturated carbocycles. The molecule has 66 valence electrons. The van der Waals surface area contributed by atoms with Crippen LogP contribution in [0.4, 0.5) is 0 Å². The minimum atomic E-state index is 0.477. The van der Waals surface area contributed by atoms with E-state index in [-0.39, 0.29) is 0 Å². The van der Waals surface area contributed by atoms with Crippen molar-refractivity contribution in [3.8, 4) is 0 Å². The summed E-state index contributed by atoms with van der Waals surface area (Å²) < 4.78 is 0. The molecule has 0 aliphatic heterocycles. The van der Waals surface area contributed by atoms with Gasteiger partial charge in [-0.3, -0.25) is 0 Å². The summed E-state index contributed by atoms with van der Waals surface area (Å²) in [5.74, 6) is 0.763. The van der Waals surface area contributed by atoms with Gasteiger partial charge in [0.25, 0.3) is 0 Å². The Morgan fingerprint density at radius 3 is 2.83 bits per heavy atom. The first-order chi connectivity index (χ1) is 5.75. The van der Waals surface area contributed by atoms with Gasteiger partial charge in [-0.15, -0.1) is 11.3 Å². The van der Waals surface area contributed by atoms with Gasteiger partial charge in [0.15, 0.2) is 0 Å².